The molecule has 0 radical (unpaired) electrons. The molecule has 9 nitrogen and oxygen atoms in total. The summed E-state index contributed by atoms with van der Waals surface area (Å²) in [4.78, 5) is 17.6. The molecular weight excluding hydrogens is 544 g/mol. The maximum atomic E-state index is 13.2. The molecule has 0 fully saturated rings. The second-order valence-electron chi connectivity index (χ2n) is 8.64. The van der Waals surface area contributed by atoms with Crippen LogP contribution in [0, 0.1) is 0 Å². The number of benzene rings is 2. The molecule has 6 rings (SSSR count). The molecule has 1 amide bonds. The molecule has 10 heteroatoms. The van der Waals surface area contributed by atoms with E-state index in [4.69, 9.17) is 5.10 Å². The van der Waals surface area contributed by atoms with Gasteiger partial charge in [-0.1, -0.05) is 48.5 Å². The molecule has 0 spiro atoms. The first kappa shape index (κ1) is 23.8. The number of nitrogens with zero attached hydrogens (tertiary/aromatic N) is 7. The van der Waals surface area contributed by atoms with E-state index in [0.29, 0.717) is 5.65 Å². The van der Waals surface area contributed by atoms with Crippen molar-refractivity contribution < 1.29 is 4.79 Å². The second-order valence-corrected chi connectivity index (χ2v) is 9.50. The predicted octanol–water partition coefficient (Wildman–Crippen LogP) is 5.16. The molecule has 38 heavy (non-hydrogen) atoms. The molecule has 0 aliphatic heterocycles. The first-order valence-corrected chi connectivity index (χ1v) is 13.0. The minimum Gasteiger partial charge on any atom is -0.346 e. The molecule has 0 saturated carbocycles. The summed E-state index contributed by atoms with van der Waals surface area (Å²) in [5, 5.41) is 17.0. The fourth-order valence-corrected chi connectivity index (χ4v) is 4.79. The minimum absolute atomic E-state index is 0.271. The van der Waals surface area contributed by atoms with Gasteiger partial charge in [-0.25, -0.2) is 14.2 Å². The number of nitrogens with one attached hydrogen (secondary N) is 1. The molecule has 0 unspecified atom stereocenters. The minimum atomic E-state index is -0.300. The Hall–Kier alpha value is -4.57. The lowest BCUT2D eigenvalue weighted by Gasteiger charge is -2.04. The molecule has 6 aromatic rings. The normalized spacial score (nSPS) is 11.2. The highest BCUT2D eigenvalue weighted by molar-refractivity contribution is 9.10. The number of hydrogen-bond acceptors (Lipinski definition) is 5. The van der Waals surface area contributed by atoms with Crippen molar-refractivity contribution in [1.82, 2.24) is 39.5 Å². The number of fused-ring (bicyclic) bond motifs is 1. The van der Waals surface area contributed by atoms with Gasteiger partial charge in [0.25, 0.3) is 5.91 Å². The van der Waals surface area contributed by atoms with Crippen molar-refractivity contribution in [3.63, 3.8) is 0 Å². The van der Waals surface area contributed by atoms with Crippen LogP contribution in [-0.4, -0.2) is 40.1 Å². The van der Waals surface area contributed by atoms with E-state index in [-0.39, 0.29) is 18.1 Å². The third-order valence-corrected chi connectivity index (χ3v) is 6.75. The number of carbonyl (C=O) groups excluding carboxylic acids is 1. The highest BCUT2D eigenvalue weighted by Crippen LogP contribution is 2.27. The topological polar surface area (TPSA) is 94.9 Å². The molecular formula is C28H23BrN8O. The summed E-state index contributed by atoms with van der Waals surface area (Å²) in [5.74, 6) is -0.300. The van der Waals surface area contributed by atoms with Gasteiger partial charge < -0.3 is 5.32 Å². The monoisotopic (exact) mass is 566 g/mol. The van der Waals surface area contributed by atoms with Crippen molar-refractivity contribution in [3.8, 4) is 28.3 Å². The average molecular weight is 567 g/mol. The molecule has 188 valence electrons. The van der Waals surface area contributed by atoms with E-state index in [0.717, 1.165) is 44.9 Å². The average Bonchev–Trinajstić information content (AvgIpc) is 3.69. The van der Waals surface area contributed by atoms with Gasteiger partial charge in [-0.3, -0.25) is 9.48 Å². The second kappa shape index (κ2) is 10.1. The van der Waals surface area contributed by atoms with Crippen LogP contribution in [-0.2, 0) is 13.1 Å². The van der Waals surface area contributed by atoms with Gasteiger partial charge in [0.15, 0.2) is 11.3 Å². The molecule has 4 aromatic heterocycles. The number of rotatable bonds is 7. The SMILES string of the molecule is CCn1cc(Br)c(-c2ccnc3cc(C(=O)NCc4cn(-c5ccccc5)nc4-c4ccccc4)nn23)n1. The lowest BCUT2D eigenvalue weighted by atomic mass is 10.1. The largest absolute Gasteiger partial charge is 0.346 e. The zero-order valence-corrected chi connectivity index (χ0v) is 22.1. The van der Waals surface area contributed by atoms with E-state index in [1.807, 2.05) is 95.4 Å². The molecule has 0 aliphatic rings. The first-order chi connectivity index (χ1) is 18.6. The summed E-state index contributed by atoms with van der Waals surface area (Å²) >= 11 is 3.58. The van der Waals surface area contributed by atoms with Crippen molar-refractivity contribution in [1.29, 1.82) is 0 Å². The van der Waals surface area contributed by atoms with Crippen LogP contribution in [0.3, 0.4) is 0 Å². The van der Waals surface area contributed by atoms with Gasteiger partial charge in [0.05, 0.1) is 21.5 Å². The van der Waals surface area contributed by atoms with Crippen LogP contribution >= 0.6 is 15.9 Å². The Kier molecular flexibility index (Phi) is 6.30. The van der Waals surface area contributed by atoms with Crippen molar-refractivity contribution in [3.05, 3.63) is 107 Å². The van der Waals surface area contributed by atoms with Crippen molar-refractivity contribution >= 4 is 27.5 Å². The summed E-state index contributed by atoms with van der Waals surface area (Å²) in [6.45, 7) is 3.05. The molecule has 2 aromatic carbocycles. The van der Waals surface area contributed by atoms with Crippen molar-refractivity contribution in [2.24, 2.45) is 0 Å². The van der Waals surface area contributed by atoms with Crippen LogP contribution in [0.15, 0.2) is 95.9 Å². The van der Waals surface area contributed by atoms with Crippen LogP contribution in [0.2, 0.25) is 0 Å². The van der Waals surface area contributed by atoms with Gasteiger partial charge in [0.1, 0.15) is 5.69 Å². The summed E-state index contributed by atoms with van der Waals surface area (Å²) in [6, 6.07) is 23.3. The third kappa shape index (κ3) is 4.50. The Morgan fingerprint density at radius 1 is 0.921 bits per heavy atom. The van der Waals surface area contributed by atoms with Gasteiger partial charge in [-0.05, 0) is 41.1 Å². The third-order valence-electron chi connectivity index (χ3n) is 6.17. The number of hydrogen-bond donors (Lipinski definition) is 1. The highest BCUT2D eigenvalue weighted by Gasteiger charge is 2.19. The Morgan fingerprint density at radius 3 is 2.42 bits per heavy atom. The van der Waals surface area contributed by atoms with E-state index < -0.39 is 0 Å². The fourth-order valence-electron chi connectivity index (χ4n) is 4.28. The zero-order chi connectivity index (χ0) is 26.1. The Balaban J connectivity index is 1.29. The van der Waals surface area contributed by atoms with E-state index >= 15 is 0 Å². The summed E-state index contributed by atoms with van der Waals surface area (Å²) in [5.41, 5.74) is 5.93. The van der Waals surface area contributed by atoms with Gasteiger partial charge in [0.2, 0.25) is 0 Å². The molecule has 0 bridgehead atoms. The fraction of sp³-hybridized carbons (Fsp3) is 0.107. The number of halogens is 1. The molecule has 0 saturated heterocycles. The lowest BCUT2D eigenvalue weighted by Crippen LogP contribution is -2.23. The molecule has 1 N–H and O–H groups in total. The number of aryl methyl sites for hydroxylation is 1. The van der Waals surface area contributed by atoms with Crippen LogP contribution in [0.1, 0.15) is 23.0 Å². The maximum Gasteiger partial charge on any atom is 0.272 e. The van der Waals surface area contributed by atoms with E-state index in [2.05, 4.69) is 36.4 Å². The lowest BCUT2D eigenvalue weighted by molar-refractivity contribution is 0.0945. The van der Waals surface area contributed by atoms with Crippen LogP contribution in [0.4, 0.5) is 0 Å². The molecule has 4 heterocycles. The maximum absolute atomic E-state index is 13.2. The number of amides is 1. The van der Waals surface area contributed by atoms with Crippen LogP contribution in [0.5, 0.6) is 0 Å². The quantitative estimate of drug-likeness (QED) is 0.288. The number of para-hydroxylation sites is 1. The number of aromatic nitrogens is 7. The van der Waals surface area contributed by atoms with Gasteiger partial charge in [-0.15, -0.1) is 0 Å². The van der Waals surface area contributed by atoms with E-state index in [1.165, 1.54) is 0 Å². The smallest absolute Gasteiger partial charge is 0.272 e. The predicted molar refractivity (Wildman–Crippen MR) is 148 cm³/mol. The molecule has 0 atom stereocenters. The van der Waals surface area contributed by atoms with Gasteiger partial charge in [-0.2, -0.15) is 15.3 Å². The van der Waals surface area contributed by atoms with E-state index in [1.54, 1.807) is 16.8 Å². The van der Waals surface area contributed by atoms with Crippen molar-refractivity contribution in [2.75, 3.05) is 0 Å². The highest BCUT2D eigenvalue weighted by atomic mass is 79.9. The van der Waals surface area contributed by atoms with Crippen molar-refractivity contribution in [2.45, 2.75) is 20.0 Å². The number of carbonyl (C=O) groups is 1. The Labute approximate surface area is 226 Å². The first-order valence-electron chi connectivity index (χ1n) is 12.2. The van der Waals surface area contributed by atoms with Crippen LogP contribution < -0.4 is 5.32 Å². The Bertz CT molecular complexity index is 1740. The summed E-state index contributed by atoms with van der Waals surface area (Å²) in [6.07, 6.45) is 5.55. The standard InChI is InChI=1S/C28H23BrN8O/c1-2-35-18-22(29)27(33-35)24-13-14-30-25-15-23(32-37(24)25)28(38)31-16-20-17-36(21-11-7-4-8-12-21)34-26(20)19-9-5-3-6-10-19/h3-15,17-18H,2,16H2,1H3,(H,31,38). The van der Waals surface area contributed by atoms with Gasteiger partial charge in [0, 0.05) is 48.9 Å². The van der Waals surface area contributed by atoms with E-state index in [9.17, 15) is 4.79 Å². The van der Waals surface area contributed by atoms with Crippen LogP contribution in [0.25, 0.3) is 34.0 Å². The zero-order valence-electron chi connectivity index (χ0n) is 20.5. The van der Waals surface area contributed by atoms with Gasteiger partial charge >= 0.3 is 0 Å². The summed E-state index contributed by atoms with van der Waals surface area (Å²) < 4.78 is 6.16. The molecule has 0 aliphatic carbocycles. The summed E-state index contributed by atoms with van der Waals surface area (Å²) in [7, 11) is 0. The Morgan fingerprint density at radius 2 is 1.68 bits per heavy atom.